The zero-order chi connectivity index (χ0) is 34.9. The van der Waals surface area contributed by atoms with Gasteiger partial charge < -0.3 is 0 Å². The van der Waals surface area contributed by atoms with E-state index in [1.54, 1.807) is 0 Å². The summed E-state index contributed by atoms with van der Waals surface area (Å²) in [5, 5.41) is 12.2. The molecule has 0 N–H and O–H groups in total. The van der Waals surface area contributed by atoms with E-state index in [-0.39, 0.29) is 0 Å². The molecular formula is C49H29N3S. The van der Waals surface area contributed by atoms with E-state index in [2.05, 4.69) is 158 Å². The van der Waals surface area contributed by atoms with Crippen molar-refractivity contribution >= 4 is 74.6 Å². The van der Waals surface area contributed by atoms with Crippen molar-refractivity contribution in [2.24, 2.45) is 0 Å². The van der Waals surface area contributed by atoms with Crippen LogP contribution in [0.15, 0.2) is 176 Å². The van der Waals surface area contributed by atoms with Gasteiger partial charge in [0.1, 0.15) is 0 Å². The van der Waals surface area contributed by atoms with Gasteiger partial charge in [-0.2, -0.15) is 0 Å². The van der Waals surface area contributed by atoms with Gasteiger partial charge in [-0.1, -0.05) is 146 Å². The summed E-state index contributed by atoms with van der Waals surface area (Å²) in [5.41, 5.74) is 5.21. The van der Waals surface area contributed by atoms with Crippen molar-refractivity contribution in [2.75, 3.05) is 0 Å². The van der Waals surface area contributed by atoms with Crippen molar-refractivity contribution in [3.8, 4) is 45.3 Å². The van der Waals surface area contributed by atoms with Gasteiger partial charge in [0.05, 0.1) is 0 Å². The molecule has 53 heavy (non-hydrogen) atoms. The van der Waals surface area contributed by atoms with Crippen molar-refractivity contribution < 1.29 is 0 Å². The van der Waals surface area contributed by atoms with E-state index in [0.717, 1.165) is 38.6 Å². The van der Waals surface area contributed by atoms with Gasteiger partial charge in [-0.15, -0.1) is 11.3 Å². The molecule has 0 aliphatic heterocycles. The molecule has 0 atom stereocenters. The average molecular weight is 692 g/mol. The topological polar surface area (TPSA) is 38.7 Å². The van der Waals surface area contributed by atoms with E-state index in [0.29, 0.717) is 17.5 Å². The molecule has 0 bridgehead atoms. The third-order valence-corrected chi connectivity index (χ3v) is 11.5. The second kappa shape index (κ2) is 11.9. The number of hydrogen-bond donors (Lipinski definition) is 0. The molecule has 0 saturated carbocycles. The number of fused-ring (bicyclic) bond motifs is 9. The number of benzene rings is 9. The van der Waals surface area contributed by atoms with Gasteiger partial charge in [-0.3, -0.25) is 0 Å². The normalized spacial score (nSPS) is 11.8. The fourth-order valence-electron chi connectivity index (χ4n) is 7.96. The van der Waals surface area contributed by atoms with E-state index in [4.69, 9.17) is 15.0 Å². The predicted molar refractivity (Wildman–Crippen MR) is 224 cm³/mol. The molecule has 2 aromatic heterocycles. The quantitative estimate of drug-likeness (QED) is 0.172. The lowest BCUT2D eigenvalue weighted by Gasteiger charge is -2.14. The fraction of sp³-hybridized carbons (Fsp3) is 0. The summed E-state index contributed by atoms with van der Waals surface area (Å²) in [5.74, 6) is 1.96. The predicted octanol–water partition coefficient (Wildman–Crippen LogP) is 13.5. The van der Waals surface area contributed by atoms with Gasteiger partial charge >= 0.3 is 0 Å². The first-order valence-corrected chi connectivity index (χ1v) is 18.7. The van der Waals surface area contributed by atoms with Gasteiger partial charge in [0.25, 0.3) is 0 Å². The summed E-state index contributed by atoms with van der Waals surface area (Å²) in [6.45, 7) is 0. The highest BCUT2D eigenvalue weighted by molar-refractivity contribution is 7.26. The zero-order valence-electron chi connectivity index (χ0n) is 28.5. The molecule has 0 saturated heterocycles. The molecule has 0 fully saturated rings. The standard InChI is InChI=1S/C49H29N3S/c1-3-13-30(14-4-1)40-27-36(25-35-20-10-11-21-37(35)40)48-50-47(32-16-5-2-6-17-32)51-49(52-48)41-29-44-46(45-38-22-12-9-15-31(38)23-24-39(41)45)42-26-33-18-7-8-19-34(33)28-43(42)53-44/h1-29H. The maximum absolute atomic E-state index is 5.36. The van der Waals surface area contributed by atoms with Crippen molar-refractivity contribution in [3.05, 3.63) is 176 Å². The van der Waals surface area contributed by atoms with E-state index in [9.17, 15) is 0 Å². The number of aromatic nitrogens is 3. The number of rotatable bonds is 4. The van der Waals surface area contributed by atoms with Gasteiger partial charge in [0, 0.05) is 36.9 Å². The molecule has 3 nitrogen and oxygen atoms in total. The molecule has 0 radical (unpaired) electrons. The first kappa shape index (κ1) is 29.9. The Morgan fingerprint density at radius 2 is 0.906 bits per heavy atom. The summed E-state index contributed by atoms with van der Waals surface area (Å²) >= 11 is 1.84. The Kier molecular flexibility index (Phi) is 6.73. The summed E-state index contributed by atoms with van der Waals surface area (Å²) in [6.07, 6.45) is 0. The minimum Gasteiger partial charge on any atom is -0.208 e. The van der Waals surface area contributed by atoms with Crippen LogP contribution < -0.4 is 0 Å². The molecule has 9 aromatic carbocycles. The maximum Gasteiger partial charge on any atom is 0.164 e. The molecule has 11 aromatic rings. The highest BCUT2D eigenvalue weighted by Crippen LogP contribution is 2.46. The Balaban J connectivity index is 1.23. The Morgan fingerprint density at radius 3 is 1.68 bits per heavy atom. The van der Waals surface area contributed by atoms with E-state index >= 15 is 0 Å². The lowest BCUT2D eigenvalue weighted by Crippen LogP contribution is -2.01. The van der Waals surface area contributed by atoms with Crippen LogP contribution in [0.2, 0.25) is 0 Å². The van der Waals surface area contributed by atoms with E-state index in [1.807, 2.05) is 29.5 Å². The van der Waals surface area contributed by atoms with Crippen LogP contribution in [0.5, 0.6) is 0 Å². The molecular weight excluding hydrogens is 663 g/mol. The van der Waals surface area contributed by atoms with Gasteiger partial charge in [-0.25, -0.2) is 15.0 Å². The first-order valence-electron chi connectivity index (χ1n) is 17.9. The lowest BCUT2D eigenvalue weighted by molar-refractivity contribution is 1.08. The van der Waals surface area contributed by atoms with Gasteiger partial charge in [0.15, 0.2) is 17.5 Å². The van der Waals surface area contributed by atoms with Crippen LogP contribution in [0.3, 0.4) is 0 Å². The molecule has 0 spiro atoms. The SMILES string of the molecule is c1ccc(-c2nc(-c3cc(-c4ccccc4)c4ccccc4c3)nc(-c3cc4sc5cc6ccccc6cc5c4c4c3ccc3ccccc34)n2)cc1. The van der Waals surface area contributed by atoms with Crippen LogP contribution in [0.25, 0.3) is 109 Å². The van der Waals surface area contributed by atoms with Crippen LogP contribution in [0, 0.1) is 0 Å². The van der Waals surface area contributed by atoms with Gasteiger partial charge in [-0.05, 0) is 84.5 Å². The Labute approximate surface area is 309 Å². The Hall–Kier alpha value is -6.75. The highest BCUT2D eigenvalue weighted by Gasteiger charge is 2.20. The van der Waals surface area contributed by atoms with Crippen LogP contribution in [-0.2, 0) is 0 Å². The molecule has 0 aliphatic carbocycles. The molecule has 4 heteroatoms. The van der Waals surface area contributed by atoms with Crippen molar-refractivity contribution in [2.45, 2.75) is 0 Å². The van der Waals surface area contributed by atoms with Crippen molar-refractivity contribution in [1.29, 1.82) is 0 Å². The minimum absolute atomic E-state index is 0.647. The van der Waals surface area contributed by atoms with Crippen molar-refractivity contribution in [1.82, 2.24) is 15.0 Å². The second-order valence-electron chi connectivity index (χ2n) is 13.6. The monoisotopic (exact) mass is 691 g/mol. The minimum atomic E-state index is 0.647. The van der Waals surface area contributed by atoms with Crippen LogP contribution >= 0.6 is 11.3 Å². The average Bonchev–Trinajstić information content (AvgIpc) is 3.59. The third-order valence-electron chi connectivity index (χ3n) is 10.4. The number of thiophene rings is 1. The number of hydrogen-bond acceptors (Lipinski definition) is 4. The molecule has 0 aliphatic rings. The summed E-state index contributed by atoms with van der Waals surface area (Å²) in [4.78, 5) is 15.8. The van der Waals surface area contributed by atoms with Crippen LogP contribution in [0.4, 0.5) is 0 Å². The zero-order valence-corrected chi connectivity index (χ0v) is 29.3. The molecule has 2 heterocycles. The molecule has 246 valence electrons. The third kappa shape index (κ3) is 4.91. The first-order chi connectivity index (χ1) is 26.2. The second-order valence-corrected chi connectivity index (χ2v) is 14.7. The van der Waals surface area contributed by atoms with Crippen molar-refractivity contribution in [3.63, 3.8) is 0 Å². The summed E-state index contributed by atoms with van der Waals surface area (Å²) in [7, 11) is 0. The molecule has 11 rings (SSSR count). The van der Waals surface area contributed by atoms with Gasteiger partial charge in [0.2, 0.25) is 0 Å². The Bertz CT molecular complexity index is 3220. The van der Waals surface area contributed by atoms with Crippen LogP contribution in [-0.4, -0.2) is 15.0 Å². The summed E-state index contributed by atoms with van der Waals surface area (Å²) < 4.78 is 2.49. The lowest BCUT2D eigenvalue weighted by atomic mass is 9.93. The number of nitrogens with zero attached hydrogens (tertiary/aromatic N) is 3. The molecule has 0 unspecified atom stereocenters. The smallest absolute Gasteiger partial charge is 0.164 e. The van der Waals surface area contributed by atoms with E-state index in [1.165, 1.54) is 52.5 Å². The Morgan fingerprint density at radius 1 is 0.302 bits per heavy atom. The molecule has 0 amide bonds. The largest absolute Gasteiger partial charge is 0.208 e. The van der Waals surface area contributed by atoms with E-state index < -0.39 is 0 Å². The van der Waals surface area contributed by atoms with Crippen LogP contribution in [0.1, 0.15) is 0 Å². The maximum atomic E-state index is 5.36. The fourth-order valence-corrected chi connectivity index (χ4v) is 9.14. The highest BCUT2D eigenvalue weighted by atomic mass is 32.1. The summed E-state index contributed by atoms with van der Waals surface area (Å²) in [6, 6.07) is 62.7.